The number of anilines is 1. The number of carbonyl (C=O) groups is 2. The molecule has 0 spiro atoms. The molecule has 0 aliphatic heterocycles. The van der Waals surface area contributed by atoms with Gasteiger partial charge in [-0.1, -0.05) is 35.9 Å². The van der Waals surface area contributed by atoms with Crippen molar-refractivity contribution >= 4 is 29.1 Å². The number of hydrogen-bond acceptors (Lipinski definition) is 4. The normalized spacial score (nSPS) is 10.5. The molecular weight excluding hydrogens is 366 g/mol. The predicted octanol–water partition coefficient (Wildman–Crippen LogP) is 2.94. The molecule has 0 aliphatic carbocycles. The lowest BCUT2D eigenvalue weighted by Crippen LogP contribution is -2.35. The van der Waals surface area contributed by atoms with Gasteiger partial charge in [-0.3, -0.25) is 9.59 Å². The molecule has 8 heteroatoms. The molecule has 0 bridgehead atoms. The van der Waals surface area contributed by atoms with Gasteiger partial charge in [0.25, 0.3) is 5.91 Å². The highest BCUT2D eigenvalue weighted by atomic mass is 35.5. The van der Waals surface area contributed by atoms with Crippen LogP contribution in [0.3, 0.4) is 0 Å². The Morgan fingerprint density at radius 3 is 2.56 bits per heavy atom. The summed E-state index contributed by atoms with van der Waals surface area (Å²) in [5.74, 6) is -0.680. The van der Waals surface area contributed by atoms with Crippen molar-refractivity contribution < 1.29 is 9.59 Å². The minimum absolute atomic E-state index is 0.100. The lowest BCUT2D eigenvalue weighted by Gasteiger charge is -2.15. The SMILES string of the molecule is Cc1nn(-c2cccc(Cl)c2)nc1C(=O)N(C)CC(=O)Nc1ccccc1. The standard InChI is InChI=1S/C19H18ClN5O2/c1-13-18(23-25(22-13)16-10-6-7-14(20)11-16)19(27)24(2)12-17(26)21-15-8-4-3-5-9-15/h3-11H,12H2,1-2H3,(H,21,26). The lowest BCUT2D eigenvalue weighted by molar-refractivity contribution is -0.116. The van der Waals surface area contributed by atoms with E-state index in [1.165, 1.54) is 9.70 Å². The molecule has 0 aliphatic rings. The van der Waals surface area contributed by atoms with Gasteiger partial charge in [0.1, 0.15) is 0 Å². The molecular formula is C19H18ClN5O2. The summed E-state index contributed by atoms with van der Waals surface area (Å²) in [6.07, 6.45) is 0. The van der Waals surface area contributed by atoms with E-state index in [4.69, 9.17) is 11.6 Å². The van der Waals surface area contributed by atoms with Crippen LogP contribution in [0.1, 0.15) is 16.2 Å². The fraction of sp³-hybridized carbons (Fsp3) is 0.158. The summed E-state index contributed by atoms with van der Waals surface area (Å²) in [7, 11) is 1.55. The van der Waals surface area contributed by atoms with Crippen molar-refractivity contribution in [2.75, 3.05) is 18.9 Å². The Bertz CT molecular complexity index is 971. The molecule has 2 amide bonds. The first-order valence-electron chi connectivity index (χ1n) is 8.24. The molecule has 1 N–H and O–H groups in total. The first kappa shape index (κ1) is 18.6. The number of halogens is 1. The van der Waals surface area contributed by atoms with Crippen LogP contribution in [0.25, 0.3) is 5.69 Å². The average Bonchev–Trinajstić information content (AvgIpc) is 3.03. The summed E-state index contributed by atoms with van der Waals surface area (Å²) in [5.41, 5.74) is 1.97. The number of amides is 2. The van der Waals surface area contributed by atoms with E-state index in [1.807, 2.05) is 18.2 Å². The molecule has 138 valence electrons. The molecule has 1 heterocycles. The third kappa shape index (κ3) is 4.51. The topological polar surface area (TPSA) is 80.1 Å². The number of nitrogens with zero attached hydrogens (tertiary/aromatic N) is 4. The monoisotopic (exact) mass is 383 g/mol. The Labute approximate surface area is 161 Å². The molecule has 27 heavy (non-hydrogen) atoms. The van der Waals surface area contributed by atoms with Gasteiger partial charge in [-0.25, -0.2) is 0 Å². The van der Waals surface area contributed by atoms with Crippen molar-refractivity contribution in [1.29, 1.82) is 0 Å². The van der Waals surface area contributed by atoms with Crippen LogP contribution in [0, 0.1) is 6.92 Å². The number of rotatable bonds is 5. The smallest absolute Gasteiger partial charge is 0.276 e. The third-order valence-electron chi connectivity index (χ3n) is 3.81. The molecule has 1 aromatic heterocycles. The van der Waals surface area contributed by atoms with Crippen LogP contribution in [0.5, 0.6) is 0 Å². The number of aromatic nitrogens is 3. The number of hydrogen-bond donors (Lipinski definition) is 1. The highest BCUT2D eigenvalue weighted by molar-refractivity contribution is 6.30. The summed E-state index contributed by atoms with van der Waals surface area (Å²) < 4.78 is 0. The van der Waals surface area contributed by atoms with E-state index in [0.29, 0.717) is 22.1 Å². The minimum atomic E-state index is -0.385. The van der Waals surface area contributed by atoms with Crippen molar-refractivity contribution in [3.63, 3.8) is 0 Å². The summed E-state index contributed by atoms with van der Waals surface area (Å²) in [6, 6.07) is 16.1. The third-order valence-corrected chi connectivity index (χ3v) is 4.04. The van der Waals surface area contributed by atoms with E-state index in [-0.39, 0.29) is 24.1 Å². The Morgan fingerprint density at radius 2 is 1.85 bits per heavy atom. The van der Waals surface area contributed by atoms with Gasteiger partial charge < -0.3 is 10.2 Å². The number of likely N-dealkylation sites (N-methyl/N-ethyl adjacent to an activating group) is 1. The first-order valence-corrected chi connectivity index (χ1v) is 8.62. The summed E-state index contributed by atoms with van der Waals surface area (Å²) in [5, 5.41) is 11.8. The Hall–Kier alpha value is -3.19. The molecule has 7 nitrogen and oxygen atoms in total. The number of para-hydroxylation sites is 1. The molecule has 0 saturated heterocycles. The van der Waals surface area contributed by atoms with Gasteiger partial charge >= 0.3 is 0 Å². The fourth-order valence-corrected chi connectivity index (χ4v) is 2.67. The molecule has 0 unspecified atom stereocenters. The highest BCUT2D eigenvalue weighted by Gasteiger charge is 2.21. The van der Waals surface area contributed by atoms with E-state index in [9.17, 15) is 9.59 Å². The number of aryl methyl sites for hydroxylation is 1. The summed E-state index contributed by atoms with van der Waals surface area (Å²) in [6.45, 7) is 1.59. The molecule has 0 saturated carbocycles. The fourth-order valence-electron chi connectivity index (χ4n) is 2.48. The second-order valence-electron chi connectivity index (χ2n) is 5.98. The maximum Gasteiger partial charge on any atom is 0.276 e. The van der Waals surface area contributed by atoms with Crippen molar-refractivity contribution in [2.24, 2.45) is 0 Å². The largest absolute Gasteiger partial charge is 0.331 e. The van der Waals surface area contributed by atoms with Gasteiger partial charge in [0.15, 0.2) is 5.69 Å². The van der Waals surface area contributed by atoms with Crippen LogP contribution in [0.2, 0.25) is 5.02 Å². The minimum Gasteiger partial charge on any atom is -0.331 e. The van der Waals surface area contributed by atoms with Crippen LogP contribution >= 0.6 is 11.6 Å². The van der Waals surface area contributed by atoms with Crippen LogP contribution in [-0.2, 0) is 4.79 Å². The van der Waals surface area contributed by atoms with Gasteiger partial charge in [-0.15, -0.1) is 5.10 Å². The van der Waals surface area contributed by atoms with Gasteiger partial charge in [-0.2, -0.15) is 9.90 Å². The van der Waals surface area contributed by atoms with Crippen LogP contribution < -0.4 is 5.32 Å². The summed E-state index contributed by atoms with van der Waals surface area (Å²) in [4.78, 5) is 27.5. The summed E-state index contributed by atoms with van der Waals surface area (Å²) >= 11 is 5.99. The zero-order valence-electron chi connectivity index (χ0n) is 14.9. The van der Waals surface area contributed by atoms with Crippen LogP contribution in [0.4, 0.5) is 5.69 Å². The number of carbonyl (C=O) groups excluding carboxylic acids is 2. The molecule has 2 aromatic carbocycles. The average molecular weight is 384 g/mol. The van der Waals surface area contributed by atoms with Gasteiger partial charge in [0.05, 0.1) is 17.9 Å². The predicted molar refractivity (Wildman–Crippen MR) is 103 cm³/mol. The highest BCUT2D eigenvalue weighted by Crippen LogP contribution is 2.15. The molecule has 0 fully saturated rings. The van der Waals surface area contributed by atoms with Crippen molar-refractivity contribution in [3.8, 4) is 5.69 Å². The van der Waals surface area contributed by atoms with Crippen LogP contribution in [-0.4, -0.2) is 45.3 Å². The van der Waals surface area contributed by atoms with Crippen LogP contribution in [0.15, 0.2) is 54.6 Å². The lowest BCUT2D eigenvalue weighted by atomic mass is 10.3. The second-order valence-corrected chi connectivity index (χ2v) is 6.42. The maximum absolute atomic E-state index is 12.7. The van der Waals surface area contributed by atoms with Gasteiger partial charge in [-0.05, 0) is 37.3 Å². The van der Waals surface area contributed by atoms with Gasteiger partial charge in [0, 0.05) is 17.8 Å². The quantitative estimate of drug-likeness (QED) is 0.734. The van der Waals surface area contributed by atoms with E-state index in [0.717, 1.165) is 0 Å². The van der Waals surface area contributed by atoms with E-state index < -0.39 is 0 Å². The Kier molecular flexibility index (Phi) is 5.52. The van der Waals surface area contributed by atoms with E-state index >= 15 is 0 Å². The van der Waals surface area contributed by atoms with E-state index in [1.54, 1.807) is 50.4 Å². The molecule has 0 radical (unpaired) electrons. The Morgan fingerprint density at radius 1 is 1.11 bits per heavy atom. The Balaban J connectivity index is 1.70. The zero-order chi connectivity index (χ0) is 19.4. The molecule has 0 atom stereocenters. The second kappa shape index (κ2) is 8.01. The number of benzene rings is 2. The van der Waals surface area contributed by atoms with Crippen molar-refractivity contribution in [1.82, 2.24) is 19.9 Å². The van der Waals surface area contributed by atoms with Crippen molar-refractivity contribution in [3.05, 3.63) is 71.0 Å². The molecule has 3 rings (SSSR count). The molecule has 3 aromatic rings. The number of nitrogens with one attached hydrogen (secondary N) is 1. The first-order chi connectivity index (χ1) is 12.9. The van der Waals surface area contributed by atoms with E-state index in [2.05, 4.69) is 15.5 Å². The maximum atomic E-state index is 12.7. The zero-order valence-corrected chi connectivity index (χ0v) is 15.6. The van der Waals surface area contributed by atoms with Crippen molar-refractivity contribution in [2.45, 2.75) is 6.92 Å². The van der Waals surface area contributed by atoms with Gasteiger partial charge in [0.2, 0.25) is 5.91 Å².